The van der Waals surface area contributed by atoms with Crippen molar-refractivity contribution in [1.29, 1.82) is 0 Å². The van der Waals surface area contributed by atoms with Crippen LogP contribution >= 0.6 is 0 Å². The van der Waals surface area contributed by atoms with Crippen LogP contribution in [0.2, 0.25) is 0 Å². The number of rotatable bonds is 6. The second-order valence-electron chi connectivity index (χ2n) is 1.52. The molecule has 0 rings (SSSR count). The maximum atomic E-state index is 7.84. The highest BCUT2D eigenvalue weighted by Crippen LogP contribution is 1.75. The molecule has 0 aromatic carbocycles. The maximum Gasteiger partial charge on any atom is 0.0604 e. The van der Waals surface area contributed by atoms with Crippen molar-refractivity contribution in [3.63, 3.8) is 0 Å². The van der Waals surface area contributed by atoms with Gasteiger partial charge in [-0.15, -0.1) is 0 Å². The summed E-state index contributed by atoms with van der Waals surface area (Å²) in [4.78, 5) is 2.56. The summed E-state index contributed by atoms with van der Waals surface area (Å²) in [5.41, 5.74) is 10.3. The molecule has 10 heavy (non-hydrogen) atoms. The monoisotopic (exact) mass is 145 g/mol. The van der Waals surface area contributed by atoms with E-state index in [0.29, 0.717) is 26.3 Å². The van der Waals surface area contributed by atoms with Crippen LogP contribution in [0.4, 0.5) is 0 Å². The molecule has 0 amide bonds. The molecule has 0 aliphatic rings. The Morgan fingerprint density at radius 1 is 1.60 bits per heavy atom. The number of hydrogen-bond donors (Lipinski definition) is 2. The molecule has 0 aliphatic heterocycles. The van der Waals surface area contributed by atoms with Gasteiger partial charge in [0.15, 0.2) is 0 Å². The molecule has 0 aromatic rings. The SMILES string of the molecule is [N-]=[N+]=NCCOCCNN. The number of nitrogens with two attached hydrogens (primary N) is 1. The summed E-state index contributed by atoms with van der Waals surface area (Å²) in [7, 11) is 0. The number of ether oxygens (including phenoxy) is 1. The first-order valence-corrected chi connectivity index (χ1v) is 2.94. The highest BCUT2D eigenvalue weighted by Gasteiger charge is 1.83. The minimum atomic E-state index is 0.376. The van der Waals surface area contributed by atoms with E-state index in [1.165, 1.54) is 0 Å². The van der Waals surface area contributed by atoms with Crippen LogP contribution in [0.5, 0.6) is 0 Å². The zero-order chi connectivity index (χ0) is 7.66. The lowest BCUT2D eigenvalue weighted by molar-refractivity contribution is 0.143. The molecule has 0 fully saturated rings. The lowest BCUT2D eigenvalue weighted by Crippen LogP contribution is -2.26. The molecular formula is C4H11N5O. The number of nitrogens with zero attached hydrogens (tertiary/aromatic N) is 3. The van der Waals surface area contributed by atoms with Gasteiger partial charge in [-0.1, -0.05) is 5.11 Å². The van der Waals surface area contributed by atoms with E-state index in [1.807, 2.05) is 0 Å². The molecular weight excluding hydrogens is 134 g/mol. The Morgan fingerprint density at radius 3 is 3.00 bits per heavy atom. The van der Waals surface area contributed by atoms with Gasteiger partial charge in [-0.25, -0.2) is 0 Å². The van der Waals surface area contributed by atoms with Crippen LogP contribution in [-0.4, -0.2) is 26.3 Å². The van der Waals surface area contributed by atoms with E-state index in [9.17, 15) is 0 Å². The van der Waals surface area contributed by atoms with Crippen LogP contribution in [0.1, 0.15) is 0 Å². The Labute approximate surface area is 58.9 Å². The fourth-order valence-corrected chi connectivity index (χ4v) is 0.383. The van der Waals surface area contributed by atoms with Gasteiger partial charge in [0, 0.05) is 18.0 Å². The summed E-state index contributed by atoms with van der Waals surface area (Å²) in [5, 5.41) is 3.27. The van der Waals surface area contributed by atoms with Gasteiger partial charge >= 0.3 is 0 Å². The summed E-state index contributed by atoms with van der Waals surface area (Å²) in [6, 6.07) is 0. The van der Waals surface area contributed by atoms with Crippen molar-refractivity contribution in [2.75, 3.05) is 26.3 Å². The number of nitrogens with one attached hydrogen (secondary N) is 1. The molecule has 0 heterocycles. The van der Waals surface area contributed by atoms with Gasteiger partial charge in [0.1, 0.15) is 0 Å². The largest absolute Gasteiger partial charge is 0.380 e. The van der Waals surface area contributed by atoms with Crippen molar-refractivity contribution >= 4 is 0 Å². The first-order valence-electron chi connectivity index (χ1n) is 2.94. The first-order chi connectivity index (χ1) is 4.91. The van der Waals surface area contributed by atoms with Gasteiger partial charge < -0.3 is 4.74 Å². The van der Waals surface area contributed by atoms with Crippen molar-refractivity contribution < 1.29 is 4.74 Å². The van der Waals surface area contributed by atoms with Crippen LogP contribution in [0.3, 0.4) is 0 Å². The third kappa shape index (κ3) is 7.19. The molecule has 0 atom stereocenters. The average molecular weight is 145 g/mol. The Bertz CT molecular complexity index is 110. The fourth-order valence-electron chi connectivity index (χ4n) is 0.383. The summed E-state index contributed by atoms with van der Waals surface area (Å²) in [6.45, 7) is 1.97. The minimum Gasteiger partial charge on any atom is -0.380 e. The predicted molar refractivity (Wildman–Crippen MR) is 37.0 cm³/mol. The van der Waals surface area contributed by atoms with Crippen molar-refractivity contribution in [3.8, 4) is 0 Å². The number of azide groups is 1. The Kier molecular flexibility index (Phi) is 7.53. The first kappa shape index (κ1) is 9.19. The predicted octanol–water partition coefficient (Wildman–Crippen LogP) is -0.223. The topological polar surface area (TPSA) is 96.0 Å². The van der Waals surface area contributed by atoms with Gasteiger partial charge in [0.2, 0.25) is 0 Å². The van der Waals surface area contributed by atoms with Gasteiger partial charge in [0.05, 0.1) is 13.2 Å². The molecule has 0 radical (unpaired) electrons. The number of hydrazine groups is 1. The zero-order valence-electron chi connectivity index (χ0n) is 5.66. The quantitative estimate of drug-likeness (QED) is 0.135. The Balaban J connectivity index is 2.83. The van der Waals surface area contributed by atoms with E-state index >= 15 is 0 Å². The summed E-state index contributed by atoms with van der Waals surface area (Å²) >= 11 is 0. The molecule has 0 aliphatic carbocycles. The summed E-state index contributed by atoms with van der Waals surface area (Å²) < 4.78 is 4.97. The lowest BCUT2D eigenvalue weighted by atomic mass is 10.7. The van der Waals surface area contributed by atoms with Crippen LogP contribution in [0.25, 0.3) is 10.4 Å². The highest BCUT2D eigenvalue weighted by atomic mass is 16.5. The molecule has 0 saturated heterocycles. The average Bonchev–Trinajstić information content (AvgIpc) is 1.97. The van der Waals surface area contributed by atoms with Crippen molar-refractivity contribution in [2.45, 2.75) is 0 Å². The van der Waals surface area contributed by atoms with Gasteiger partial charge in [-0.05, 0) is 5.53 Å². The standard InChI is InChI=1S/C4H11N5O/c5-7-1-3-10-4-2-8-9-6/h7H,1-5H2. The van der Waals surface area contributed by atoms with Gasteiger partial charge in [-0.2, -0.15) is 0 Å². The van der Waals surface area contributed by atoms with Gasteiger partial charge in [-0.3, -0.25) is 11.3 Å². The van der Waals surface area contributed by atoms with E-state index < -0.39 is 0 Å². The molecule has 0 bridgehead atoms. The molecule has 58 valence electrons. The van der Waals surface area contributed by atoms with Crippen LogP contribution in [0.15, 0.2) is 5.11 Å². The molecule has 0 saturated carbocycles. The fraction of sp³-hybridized carbons (Fsp3) is 1.00. The zero-order valence-corrected chi connectivity index (χ0v) is 5.66. The summed E-state index contributed by atoms with van der Waals surface area (Å²) in [5.74, 6) is 4.96. The van der Waals surface area contributed by atoms with Crippen LogP contribution < -0.4 is 11.3 Å². The van der Waals surface area contributed by atoms with Crippen LogP contribution in [0, 0.1) is 0 Å². The second-order valence-corrected chi connectivity index (χ2v) is 1.52. The Hall–Kier alpha value is -0.810. The molecule has 0 aromatic heterocycles. The smallest absolute Gasteiger partial charge is 0.0604 e. The molecule has 3 N–H and O–H groups in total. The van der Waals surface area contributed by atoms with Crippen LogP contribution in [-0.2, 0) is 4.74 Å². The highest BCUT2D eigenvalue weighted by molar-refractivity contribution is 4.44. The van der Waals surface area contributed by atoms with Crippen molar-refractivity contribution in [1.82, 2.24) is 5.43 Å². The van der Waals surface area contributed by atoms with E-state index in [2.05, 4.69) is 15.5 Å². The molecule has 0 unspecified atom stereocenters. The third-order valence-electron chi connectivity index (χ3n) is 0.790. The maximum absolute atomic E-state index is 7.84. The Morgan fingerprint density at radius 2 is 2.40 bits per heavy atom. The van der Waals surface area contributed by atoms with E-state index in [1.54, 1.807) is 0 Å². The van der Waals surface area contributed by atoms with Gasteiger partial charge in [0.25, 0.3) is 0 Å². The van der Waals surface area contributed by atoms with E-state index in [0.717, 1.165) is 0 Å². The normalized spacial score (nSPS) is 8.90. The lowest BCUT2D eigenvalue weighted by Gasteiger charge is -1.98. The number of hydrogen-bond acceptors (Lipinski definition) is 4. The summed E-state index contributed by atoms with van der Waals surface area (Å²) in [6.07, 6.45) is 0. The second kappa shape index (κ2) is 8.19. The van der Waals surface area contributed by atoms with Crippen molar-refractivity contribution in [2.24, 2.45) is 11.0 Å². The van der Waals surface area contributed by atoms with E-state index in [4.69, 9.17) is 16.1 Å². The molecule has 6 nitrogen and oxygen atoms in total. The van der Waals surface area contributed by atoms with Crippen molar-refractivity contribution in [3.05, 3.63) is 10.4 Å². The van der Waals surface area contributed by atoms with E-state index in [-0.39, 0.29) is 0 Å². The minimum absolute atomic E-state index is 0.376. The third-order valence-corrected chi connectivity index (χ3v) is 0.790. The molecule has 6 heteroatoms. The molecule has 0 spiro atoms.